The molecule has 2 unspecified atom stereocenters. The van der Waals surface area contributed by atoms with E-state index in [1.54, 1.807) is 4.90 Å². The second kappa shape index (κ2) is 10.1. The van der Waals surface area contributed by atoms with Crippen molar-refractivity contribution in [2.45, 2.75) is 52.7 Å². The number of hydrogen-bond acceptors (Lipinski definition) is 5. The highest BCUT2D eigenvalue weighted by Crippen LogP contribution is 2.29. The molecule has 0 radical (unpaired) electrons. The van der Waals surface area contributed by atoms with Crippen molar-refractivity contribution in [2.75, 3.05) is 50.7 Å². The third kappa shape index (κ3) is 6.12. The molecule has 2 aliphatic heterocycles. The number of carbonyl (C=O) groups excluding carboxylic acids is 2. The van der Waals surface area contributed by atoms with Crippen LogP contribution in [0.25, 0.3) is 0 Å². The first-order valence-corrected chi connectivity index (χ1v) is 11.6. The molecule has 2 atom stereocenters. The minimum absolute atomic E-state index is 0.116. The van der Waals surface area contributed by atoms with Crippen molar-refractivity contribution in [3.05, 3.63) is 29.6 Å². The van der Waals surface area contributed by atoms with Gasteiger partial charge in [0, 0.05) is 50.5 Å². The molecule has 0 spiro atoms. The van der Waals surface area contributed by atoms with E-state index in [1.165, 1.54) is 12.1 Å². The number of likely N-dealkylation sites (N-methyl/N-ethyl adjacent to an activating group) is 1. The van der Waals surface area contributed by atoms with Gasteiger partial charge in [-0.25, -0.2) is 9.18 Å². The van der Waals surface area contributed by atoms with Gasteiger partial charge in [-0.3, -0.25) is 4.79 Å². The Labute approximate surface area is 190 Å². The van der Waals surface area contributed by atoms with Gasteiger partial charge in [0.25, 0.3) is 0 Å². The molecule has 1 aromatic carbocycles. The fourth-order valence-electron chi connectivity index (χ4n) is 4.34. The highest BCUT2D eigenvalue weighted by molar-refractivity contribution is 5.81. The molecule has 178 valence electrons. The lowest BCUT2D eigenvalue weighted by atomic mass is 10.0. The molecule has 2 amide bonds. The second-order valence-electron chi connectivity index (χ2n) is 9.77. The number of piperazine rings is 1. The van der Waals surface area contributed by atoms with Crippen LogP contribution in [0.4, 0.5) is 14.9 Å². The minimum Gasteiger partial charge on any atom is -0.444 e. The van der Waals surface area contributed by atoms with E-state index in [1.807, 2.05) is 33.8 Å². The number of halogens is 1. The Kier molecular flexibility index (Phi) is 7.64. The second-order valence-corrected chi connectivity index (χ2v) is 9.77. The van der Waals surface area contributed by atoms with Crippen LogP contribution >= 0.6 is 0 Å². The molecular formula is C24H37FN4O3. The van der Waals surface area contributed by atoms with Gasteiger partial charge >= 0.3 is 6.09 Å². The van der Waals surface area contributed by atoms with Crippen molar-refractivity contribution in [3.63, 3.8) is 0 Å². The van der Waals surface area contributed by atoms with Crippen LogP contribution in [0.5, 0.6) is 0 Å². The molecule has 0 saturated carbocycles. The molecule has 0 aliphatic carbocycles. The van der Waals surface area contributed by atoms with Crippen molar-refractivity contribution in [2.24, 2.45) is 5.92 Å². The van der Waals surface area contributed by atoms with E-state index in [4.69, 9.17) is 4.74 Å². The maximum Gasteiger partial charge on any atom is 0.410 e. The van der Waals surface area contributed by atoms with Gasteiger partial charge in [-0.05, 0) is 58.9 Å². The highest BCUT2D eigenvalue weighted by atomic mass is 19.1. The zero-order chi connectivity index (χ0) is 23.5. The predicted molar refractivity (Wildman–Crippen MR) is 123 cm³/mol. The number of likely N-dealkylation sites (tertiary alicyclic amines) is 1. The smallest absolute Gasteiger partial charge is 0.410 e. The normalized spacial score (nSPS) is 20.9. The van der Waals surface area contributed by atoms with Crippen LogP contribution in [0.1, 0.15) is 52.6 Å². The monoisotopic (exact) mass is 448 g/mol. The molecular weight excluding hydrogens is 411 g/mol. The van der Waals surface area contributed by atoms with Gasteiger partial charge in [0.2, 0.25) is 5.91 Å². The SMILES string of the molecule is CCN1CCN(c2ccc(F)cc2C(C)NC(=O)C2CCN(C(=O)OC(C)(C)C)C2)CC1. The summed E-state index contributed by atoms with van der Waals surface area (Å²) in [5.74, 6) is -0.723. The van der Waals surface area contributed by atoms with Crippen LogP contribution in [-0.2, 0) is 9.53 Å². The molecule has 1 N–H and O–H groups in total. The summed E-state index contributed by atoms with van der Waals surface area (Å²) in [5, 5.41) is 3.05. The van der Waals surface area contributed by atoms with Crippen molar-refractivity contribution in [1.29, 1.82) is 0 Å². The summed E-state index contributed by atoms with van der Waals surface area (Å²) < 4.78 is 19.5. The third-order valence-corrected chi connectivity index (χ3v) is 6.19. The molecule has 3 rings (SSSR count). The average Bonchev–Trinajstić information content (AvgIpc) is 3.23. The van der Waals surface area contributed by atoms with Gasteiger partial charge in [0.15, 0.2) is 0 Å². The van der Waals surface area contributed by atoms with Gasteiger partial charge in [-0.15, -0.1) is 0 Å². The molecule has 2 heterocycles. The van der Waals surface area contributed by atoms with Crippen LogP contribution in [0.3, 0.4) is 0 Å². The first kappa shape index (κ1) is 24.3. The van der Waals surface area contributed by atoms with Crippen LogP contribution in [0, 0.1) is 11.7 Å². The van der Waals surface area contributed by atoms with E-state index >= 15 is 0 Å². The Balaban J connectivity index is 1.63. The standard InChI is InChI=1S/C24H37FN4O3/c1-6-27-11-13-28(14-12-27)21-8-7-19(25)15-20(21)17(2)26-22(30)18-9-10-29(16-18)23(31)32-24(3,4)5/h7-8,15,17-18H,6,9-14,16H2,1-5H3,(H,26,30). The Morgan fingerprint density at radius 1 is 1.19 bits per heavy atom. The van der Waals surface area contributed by atoms with Gasteiger partial charge in [-0.2, -0.15) is 0 Å². The lowest BCUT2D eigenvalue weighted by molar-refractivity contribution is -0.125. The topological polar surface area (TPSA) is 65.1 Å². The summed E-state index contributed by atoms with van der Waals surface area (Å²) in [4.78, 5) is 31.5. The minimum atomic E-state index is -0.567. The summed E-state index contributed by atoms with van der Waals surface area (Å²) in [6.45, 7) is 15.1. The Morgan fingerprint density at radius 3 is 2.50 bits per heavy atom. The number of ether oxygens (including phenoxy) is 1. The van der Waals surface area contributed by atoms with Crippen molar-refractivity contribution in [1.82, 2.24) is 15.1 Å². The number of amides is 2. The summed E-state index contributed by atoms with van der Waals surface area (Å²) in [6.07, 6.45) is 0.201. The lowest BCUT2D eigenvalue weighted by Gasteiger charge is -2.37. The van der Waals surface area contributed by atoms with Crippen LogP contribution in [-0.4, -0.2) is 73.2 Å². The van der Waals surface area contributed by atoms with Gasteiger partial charge < -0.3 is 24.8 Å². The molecule has 2 fully saturated rings. The number of carbonyl (C=O) groups is 2. The maximum atomic E-state index is 14.1. The molecule has 2 aliphatic rings. The molecule has 8 heteroatoms. The Bertz CT molecular complexity index is 818. The fraction of sp³-hybridized carbons (Fsp3) is 0.667. The van der Waals surface area contributed by atoms with Crippen molar-refractivity contribution >= 4 is 17.7 Å². The van der Waals surface area contributed by atoms with E-state index in [9.17, 15) is 14.0 Å². The van der Waals surface area contributed by atoms with Crippen LogP contribution in [0.15, 0.2) is 18.2 Å². The zero-order valence-corrected chi connectivity index (χ0v) is 20.0. The first-order valence-electron chi connectivity index (χ1n) is 11.6. The third-order valence-electron chi connectivity index (χ3n) is 6.19. The van der Waals surface area contributed by atoms with Crippen LogP contribution in [0.2, 0.25) is 0 Å². The van der Waals surface area contributed by atoms with Crippen LogP contribution < -0.4 is 10.2 Å². The number of benzene rings is 1. The number of hydrogen-bond donors (Lipinski definition) is 1. The van der Waals surface area contributed by atoms with Crippen molar-refractivity contribution < 1.29 is 18.7 Å². The van der Waals surface area contributed by atoms with E-state index in [2.05, 4.69) is 22.0 Å². The van der Waals surface area contributed by atoms with E-state index in [0.29, 0.717) is 19.5 Å². The van der Waals surface area contributed by atoms with E-state index < -0.39 is 5.60 Å². The fourth-order valence-corrected chi connectivity index (χ4v) is 4.34. The number of nitrogens with one attached hydrogen (secondary N) is 1. The molecule has 2 saturated heterocycles. The van der Waals surface area contributed by atoms with Gasteiger partial charge in [0.05, 0.1) is 12.0 Å². The lowest BCUT2D eigenvalue weighted by Crippen LogP contribution is -2.46. The molecule has 0 bridgehead atoms. The molecule has 32 heavy (non-hydrogen) atoms. The number of rotatable bonds is 5. The zero-order valence-electron chi connectivity index (χ0n) is 20.0. The summed E-state index contributed by atoms with van der Waals surface area (Å²) in [5.41, 5.74) is 1.18. The first-order chi connectivity index (χ1) is 15.1. The van der Waals surface area contributed by atoms with Crippen molar-refractivity contribution in [3.8, 4) is 0 Å². The summed E-state index contributed by atoms with van der Waals surface area (Å²) in [7, 11) is 0. The molecule has 0 aromatic heterocycles. The summed E-state index contributed by atoms with van der Waals surface area (Å²) in [6, 6.07) is 4.48. The Morgan fingerprint density at radius 2 is 1.88 bits per heavy atom. The highest BCUT2D eigenvalue weighted by Gasteiger charge is 2.34. The molecule has 7 nitrogen and oxygen atoms in total. The summed E-state index contributed by atoms with van der Waals surface area (Å²) >= 11 is 0. The maximum absolute atomic E-state index is 14.1. The average molecular weight is 449 g/mol. The number of nitrogens with zero attached hydrogens (tertiary/aromatic N) is 3. The number of anilines is 1. The van der Waals surface area contributed by atoms with Gasteiger partial charge in [0.1, 0.15) is 11.4 Å². The largest absolute Gasteiger partial charge is 0.444 e. The quantitative estimate of drug-likeness (QED) is 0.748. The van der Waals surface area contributed by atoms with E-state index in [0.717, 1.165) is 44.0 Å². The van der Waals surface area contributed by atoms with Gasteiger partial charge in [-0.1, -0.05) is 6.92 Å². The molecule has 1 aromatic rings. The van der Waals surface area contributed by atoms with E-state index in [-0.39, 0.29) is 29.8 Å². The Hall–Kier alpha value is -2.35. The predicted octanol–water partition coefficient (Wildman–Crippen LogP) is 3.40.